The average Bonchev–Trinajstić information content (AvgIpc) is 2.71. The van der Waals surface area contributed by atoms with Gasteiger partial charge in [-0.1, -0.05) is 19.8 Å². The van der Waals surface area contributed by atoms with E-state index in [-0.39, 0.29) is 5.82 Å². The minimum absolute atomic E-state index is 0.0182. The number of hydrogen-bond donors (Lipinski definition) is 3. The Balaban J connectivity index is 2.32. The molecule has 7 nitrogen and oxygen atoms in total. The van der Waals surface area contributed by atoms with Gasteiger partial charge in [-0.05, 0) is 12.5 Å². The van der Waals surface area contributed by atoms with Crippen LogP contribution in [-0.4, -0.2) is 44.2 Å². The molecule has 0 aromatic carbocycles. The van der Waals surface area contributed by atoms with Crippen LogP contribution in [0.1, 0.15) is 32.4 Å². The Morgan fingerprint density at radius 2 is 2.33 bits per heavy atom. The van der Waals surface area contributed by atoms with Gasteiger partial charge in [0.2, 0.25) is 0 Å². The van der Waals surface area contributed by atoms with Crippen molar-refractivity contribution in [2.45, 2.75) is 50.3 Å². The van der Waals surface area contributed by atoms with Crippen molar-refractivity contribution in [3.05, 3.63) is 22.7 Å². The summed E-state index contributed by atoms with van der Waals surface area (Å²) in [5, 5.41) is 19.6. The number of nitrogens with two attached hydrogens (primary N) is 1. The molecule has 2 rings (SSSR count). The Morgan fingerprint density at radius 3 is 2.90 bits per heavy atom. The summed E-state index contributed by atoms with van der Waals surface area (Å²) in [6.45, 7) is 1.41. The van der Waals surface area contributed by atoms with E-state index in [4.69, 9.17) is 10.5 Å². The predicted molar refractivity (Wildman–Crippen MR) is 73.3 cm³/mol. The second-order valence-corrected chi connectivity index (χ2v) is 5.27. The number of anilines is 1. The molecule has 0 saturated carbocycles. The first-order valence-electron chi connectivity index (χ1n) is 6.90. The van der Waals surface area contributed by atoms with Gasteiger partial charge in [0.25, 0.3) is 0 Å². The van der Waals surface area contributed by atoms with Crippen molar-refractivity contribution >= 4 is 5.82 Å². The summed E-state index contributed by atoms with van der Waals surface area (Å²) in [4.78, 5) is 15.3. The Bertz CT molecular complexity index is 552. The van der Waals surface area contributed by atoms with E-state index in [2.05, 4.69) is 4.98 Å². The lowest BCUT2D eigenvalue weighted by molar-refractivity contribution is -0.133. The van der Waals surface area contributed by atoms with Gasteiger partial charge < -0.3 is 20.7 Å². The van der Waals surface area contributed by atoms with Gasteiger partial charge in [-0.25, -0.2) is 9.18 Å². The standard InChI is InChI=1S/C13H20FN3O4/c1-2-3-5-13(7-18)10(19)9(14)11(21-13)17-6-4-8(15)16-12(17)20/h4,6,9-11,18-19H,2-3,5,7H2,1H3,(H2,15,16,20). The molecule has 0 aliphatic carbocycles. The highest BCUT2D eigenvalue weighted by Gasteiger charge is 2.55. The first kappa shape index (κ1) is 15.9. The molecule has 1 fully saturated rings. The monoisotopic (exact) mass is 301 g/mol. The smallest absolute Gasteiger partial charge is 0.351 e. The normalized spacial score (nSPS) is 32.5. The zero-order valence-electron chi connectivity index (χ0n) is 11.8. The summed E-state index contributed by atoms with van der Waals surface area (Å²) in [6.07, 6.45) is -1.64. The fraction of sp³-hybridized carbons (Fsp3) is 0.692. The molecule has 21 heavy (non-hydrogen) atoms. The van der Waals surface area contributed by atoms with Crippen LogP contribution in [0.15, 0.2) is 17.1 Å². The van der Waals surface area contributed by atoms with Crippen molar-refractivity contribution in [3.8, 4) is 0 Å². The molecule has 0 amide bonds. The fourth-order valence-corrected chi connectivity index (χ4v) is 2.54. The third-order valence-electron chi connectivity index (χ3n) is 3.82. The van der Waals surface area contributed by atoms with Gasteiger partial charge in [0.15, 0.2) is 12.4 Å². The van der Waals surface area contributed by atoms with E-state index >= 15 is 0 Å². The average molecular weight is 301 g/mol. The maximum absolute atomic E-state index is 14.4. The Morgan fingerprint density at radius 1 is 1.62 bits per heavy atom. The van der Waals surface area contributed by atoms with Gasteiger partial charge in [0.05, 0.1) is 6.61 Å². The third-order valence-corrected chi connectivity index (χ3v) is 3.82. The topological polar surface area (TPSA) is 111 Å². The van der Waals surface area contributed by atoms with Crippen LogP contribution in [0, 0.1) is 0 Å². The number of alkyl halides is 1. The maximum atomic E-state index is 14.4. The number of hydrogen-bond acceptors (Lipinski definition) is 6. The highest BCUT2D eigenvalue weighted by Crippen LogP contribution is 2.41. The molecule has 1 saturated heterocycles. The Hall–Kier alpha value is -1.51. The first-order valence-corrected chi connectivity index (χ1v) is 6.90. The third kappa shape index (κ3) is 2.78. The molecule has 0 radical (unpaired) electrons. The zero-order valence-corrected chi connectivity index (χ0v) is 11.8. The van der Waals surface area contributed by atoms with Crippen LogP contribution in [0.25, 0.3) is 0 Å². The predicted octanol–water partition coefficient (Wildman–Crippen LogP) is -0.0254. The van der Waals surface area contributed by atoms with Gasteiger partial charge in [0, 0.05) is 6.20 Å². The molecular formula is C13H20FN3O4. The summed E-state index contributed by atoms with van der Waals surface area (Å²) >= 11 is 0. The minimum Gasteiger partial charge on any atom is -0.393 e. The van der Waals surface area contributed by atoms with Crippen molar-refractivity contribution in [1.29, 1.82) is 0 Å². The van der Waals surface area contributed by atoms with Gasteiger partial charge in [-0.2, -0.15) is 4.98 Å². The molecule has 2 heterocycles. The number of rotatable bonds is 5. The summed E-state index contributed by atoms with van der Waals surface area (Å²) in [6, 6.07) is 1.34. The lowest BCUT2D eigenvalue weighted by Crippen LogP contribution is -2.45. The summed E-state index contributed by atoms with van der Waals surface area (Å²) in [5.41, 5.74) is 3.22. The maximum Gasteiger partial charge on any atom is 0.351 e. The Labute approximate surface area is 121 Å². The molecule has 1 aromatic heterocycles. The number of ether oxygens (including phenoxy) is 1. The quantitative estimate of drug-likeness (QED) is 0.704. The zero-order chi connectivity index (χ0) is 15.6. The number of aliphatic hydroxyl groups is 2. The van der Waals surface area contributed by atoms with Crippen LogP contribution in [0.5, 0.6) is 0 Å². The van der Waals surface area contributed by atoms with Crippen molar-refractivity contribution < 1.29 is 19.3 Å². The Kier molecular flexibility index (Phi) is 4.60. The fourth-order valence-electron chi connectivity index (χ4n) is 2.54. The number of nitrogens with zero attached hydrogens (tertiary/aromatic N) is 2. The van der Waals surface area contributed by atoms with E-state index in [1.165, 1.54) is 12.3 Å². The number of aromatic nitrogens is 2. The second kappa shape index (κ2) is 6.08. The minimum atomic E-state index is -1.84. The van der Waals surface area contributed by atoms with Crippen LogP contribution in [0.2, 0.25) is 0 Å². The van der Waals surface area contributed by atoms with E-state index in [9.17, 15) is 19.4 Å². The number of nitrogen functional groups attached to an aromatic ring is 1. The molecule has 0 spiro atoms. The highest BCUT2D eigenvalue weighted by molar-refractivity contribution is 5.23. The molecule has 1 aliphatic rings. The summed E-state index contributed by atoms with van der Waals surface area (Å²) in [7, 11) is 0. The molecule has 8 heteroatoms. The van der Waals surface area contributed by atoms with Crippen LogP contribution in [0.4, 0.5) is 10.2 Å². The van der Waals surface area contributed by atoms with E-state index in [1.54, 1.807) is 0 Å². The van der Waals surface area contributed by atoms with E-state index in [0.29, 0.717) is 12.8 Å². The van der Waals surface area contributed by atoms with E-state index in [0.717, 1.165) is 11.0 Å². The second-order valence-electron chi connectivity index (χ2n) is 5.27. The van der Waals surface area contributed by atoms with Crippen molar-refractivity contribution in [3.63, 3.8) is 0 Å². The molecule has 1 aliphatic heterocycles. The van der Waals surface area contributed by atoms with Crippen LogP contribution in [0.3, 0.4) is 0 Å². The highest BCUT2D eigenvalue weighted by atomic mass is 19.1. The van der Waals surface area contributed by atoms with Crippen LogP contribution < -0.4 is 11.4 Å². The lowest BCUT2D eigenvalue weighted by atomic mass is 9.91. The van der Waals surface area contributed by atoms with Gasteiger partial charge in [-0.3, -0.25) is 4.57 Å². The van der Waals surface area contributed by atoms with Crippen molar-refractivity contribution in [1.82, 2.24) is 9.55 Å². The molecular weight excluding hydrogens is 281 g/mol. The summed E-state index contributed by atoms with van der Waals surface area (Å²) in [5.74, 6) is 0.0182. The van der Waals surface area contributed by atoms with Crippen molar-refractivity contribution in [2.24, 2.45) is 0 Å². The van der Waals surface area contributed by atoms with Gasteiger partial charge >= 0.3 is 5.69 Å². The number of aliphatic hydroxyl groups excluding tert-OH is 2. The largest absolute Gasteiger partial charge is 0.393 e. The number of unbranched alkanes of at least 4 members (excludes halogenated alkanes) is 1. The SMILES string of the molecule is CCCCC1(CO)OC(n2ccc(N)nc2=O)C(F)C1O. The molecule has 118 valence electrons. The van der Waals surface area contributed by atoms with Gasteiger partial charge in [0.1, 0.15) is 17.5 Å². The molecule has 4 unspecified atom stereocenters. The van der Waals surface area contributed by atoms with Gasteiger partial charge in [-0.15, -0.1) is 0 Å². The van der Waals surface area contributed by atoms with Crippen LogP contribution in [-0.2, 0) is 4.74 Å². The summed E-state index contributed by atoms with van der Waals surface area (Å²) < 4.78 is 20.8. The van der Waals surface area contributed by atoms with E-state index < -0.39 is 36.4 Å². The molecule has 4 atom stereocenters. The van der Waals surface area contributed by atoms with E-state index in [1.807, 2.05) is 6.92 Å². The molecule has 1 aromatic rings. The molecule has 4 N–H and O–H groups in total. The van der Waals surface area contributed by atoms with Crippen molar-refractivity contribution in [2.75, 3.05) is 12.3 Å². The van der Waals surface area contributed by atoms with Crippen LogP contribution >= 0.6 is 0 Å². The first-order chi connectivity index (χ1) is 9.95. The molecule has 0 bridgehead atoms. The lowest BCUT2D eigenvalue weighted by Gasteiger charge is -2.29. The number of halogens is 1.